The van der Waals surface area contributed by atoms with Crippen molar-refractivity contribution in [1.29, 1.82) is 0 Å². The van der Waals surface area contributed by atoms with Crippen molar-refractivity contribution in [1.82, 2.24) is 9.55 Å². The molecule has 8 heteroatoms. The molecule has 1 aliphatic carbocycles. The topological polar surface area (TPSA) is 88.9 Å². The number of nitrogens with zero attached hydrogens (tertiary/aromatic N) is 2. The maximum absolute atomic E-state index is 12.6. The van der Waals surface area contributed by atoms with Gasteiger partial charge >= 0.3 is 5.97 Å². The van der Waals surface area contributed by atoms with E-state index in [4.69, 9.17) is 23.9 Å². The largest absolute Gasteiger partial charge is 0.491 e. The third-order valence-corrected chi connectivity index (χ3v) is 5.03. The minimum atomic E-state index is -0.487. The Morgan fingerprint density at radius 3 is 2.12 bits per heavy atom. The van der Waals surface area contributed by atoms with Crippen LogP contribution in [0.1, 0.15) is 27.7 Å². The summed E-state index contributed by atoms with van der Waals surface area (Å²) in [6.45, 7) is 7.96. The van der Waals surface area contributed by atoms with E-state index in [0.29, 0.717) is 54.1 Å². The molecule has 8 nitrogen and oxygen atoms in total. The summed E-state index contributed by atoms with van der Waals surface area (Å²) in [5.41, 5.74) is 3.07. The van der Waals surface area contributed by atoms with Crippen LogP contribution >= 0.6 is 0 Å². The standard InChI is InChI=1S/C26H26N2O6/c1-5-31-22-15-18(30)14-21-25(22)27-19-10-8-9-11-20(19)28(21)17-12-23(32-6-2)26(34-16(4)29)24(13-17)33-7-3/h8-15H,5-7H2,1-4H3. The number of para-hydroxylation sites is 2. The summed E-state index contributed by atoms with van der Waals surface area (Å²) in [7, 11) is 0. The minimum absolute atomic E-state index is 0.201. The maximum Gasteiger partial charge on any atom is 0.308 e. The van der Waals surface area contributed by atoms with Gasteiger partial charge in [-0.15, -0.1) is 0 Å². The Morgan fingerprint density at radius 2 is 1.50 bits per heavy atom. The molecule has 0 saturated carbocycles. The van der Waals surface area contributed by atoms with Gasteiger partial charge in [0.15, 0.2) is 22.7 Å². The number of carbonyl (C=O) groups is 1. The predicted octanol–water partition coefficient (Wildman–Crippen LogP) is 4.61. The Kier molecular flexibility index (Phi) is 6.67. The highest BCUT2D eigenvalue weighted by Gasteiger charge is 2.23. The highest BCUT2D eigenvalue weighted by Crippen LogP contribution is 2.42. The van der Waals surface area contributed by atoms with E-state index >= 15 is 0 Å². The van der Waals surface area contributed by atoms with E-state index in [1.165, 1.54) is 19.1 Å². The highest BCUT2D eigenvalue weighted by atomic mass is 16.6. The summed E-state index contributed by atoms with van der Waals surface area (Å²) in [6.07, 6.45) is 0. The van der Waals surface area contributed by atoms with E-state index in [0.717, 1.165) is 11.0 Å². The molecule has 0 unspecified atom stereocenters. The Labute approximate surface area is 197 Å². The molecule has 176 valence electrons. The summed E-state index contributed by atoms with van der Waals surface area (Å²) < 4.78 is 24.7. The van der Waals surface area contributed by atoms with Crippen LogP contribution in [0.15, 0.2) is 53.3 Å². The van der Waals surface area contributed by atoms with Crippen LogP contribution in [0.2, 0.25) is 0 Å². The second-order valence-corrected chi connectivity index (χ2v) is 7.39. The van der Waals surface area contributed by atoms with E-state index < -0.39 is 5.97 Å². The molecule has 0 amide bonds. The lowest BCUT2D eigenvalue weighted by Gasteiger charge is -2.22. The van der Waals surface area contributed by atoms with Gasteiger partial charge in [0, 0.05) is 31.2 Å². The fourth-order valence-electron chi connectivity index (χ4n) is 3.85. The molecule has 0 aromatic heterocycles. The average molecular weight is 463 g/mol. The molecule has 0 spiro atoms. The Balaban J connectivity index is 2.10. The summed E-state index contributed by atoms with van der Waals surface area (Å²) in [5, 5.41) is 0. The molecule has 0 radical (unpaired) electrons. The van der Waals surface area contributed by atoms with Crippen LogP contribution in [0.4, 0.5) is 0 Å². The molecular formula is C26H26N2O6. The van der Waals surface area contributed by atoms with Crippen LogP contribution in [0, 0.1) is 0 Å². The van der Waals surface area contributed by atoms with E-state index in [1.54, 1.807) is 12.1 Å². The van der Waals surface area contributed by atoms with E-state index in [1.807, 2.05) is 49.6 Å². The number of rotatable bonds is 8. The van der Waals surface area contributed by atoms with Crippen LogP contribution < -0.4 is 24.4 Å². The van der Waals surface area contributed by atoms with Crippen molar-refractivity contribution in [3.8, 4) is 40.1 Å². The van der Waals surface area contributed by atoms with Gasteiger partial charge in [0.25, 0.3) is 0 Å². The van der Waals surface area contributed by atoms with Crippen molar-refractivity contribution >= 4 is 17.0 Å². The van der Waals surface area contributed by atoms with Gasteiger partial charge < -0.3 is 23.5 Å². The third kappa shape index (κ3) is 4.39. The molecule has 0 bridgehead atoms. The third-order valence-electron chi connectivity index (χ3n) is 5.03. The van der Waals surface area contributed by atoms with E-state index in [-0.39, 0.29) is 11.2 Å². The second-order valence-electron chi connectivity index (χ2n) is 7.39. The number of ether oxygens (including phenoxy) is 4. The van der Waals surface area contributed by atoms with Gasteiger partial charge in [0.2, 0.25) is 5.75 Å². The zero-order valence-corrected chi connectivity index (χ0v) is 19.6. The predicted molar refractivity (Wildman–Crippen MR) is 129 cm³/mol. The summed E-state index contributed by atoms with van der Waals surface area (Å²) in [4.78, 5) is 29.1. The van der Waals surface area contributed by atoms with Crippen molar-refractivity contribution < 1.29 is 23.7 Å². The quantitative estimate of drug-likeness (QED) is 0.215. The van der Waals surface area contributed by atoms with Crippen molar-refractivity contribution in [3.05, 3.63) is 58.8 Å². The SMILES string of the molecule is CCOc1cc(=O)cc2n(-c3cc(OCC)c(OC(C)=O)c(OCC)c3)c3ccccc3nc1-2. The van der Waals surface area contributed by atoms with Gasteiger partial charge in [-0.05, 0) is 32.9 Å². The average Bonchev–Trinajstić information content (AvgIpc) is 2.80. The molecule has 0 N–H and O–H groups in total. The second kappa shape index (κ2) is 9.82. The Hall–Kier alpha value is -4.07. The first-order valence-corrected chi connectivity index (χ1v) is 11.2. The number of aromatic nitrogens is 2. The maximum atomic E-state index is 12.6. The molecule has 1 heterocycles. The fourth-order valence-corrected chi connectivity index (χ4v) is 3.85. The smallest absolute Gasteiger partial charge is 0.308 e. The molecule has 2 aromatic carbocycles. The number of hydrogen-bond donors (Lipinski definition) is 0. The van der Waals surface area contributed by atoms with Gasteiger partial charge in [0.05, 0.1) is 42.2 Å². The fraction of sp³-hybridized carbons (Fsp3) is 0.269. The van der Waals surface area contributed by atoms with Gasteiger partial charge in [-0.25, -0.2) is 4.98 Å². The van der Waals surface area contributed by atoms with E-state index in [9.17, 15) is 9.59 Å². The van der Waals surface area contributed by atoms with Gasteiger partial charge in [-0.1, -0.05) is 12.1 Å². The number of fused-ring (bicyclic) bond motifs is 2. The molecule has 0 saturated heterocycles. The molecule has 0 atom stereocenters. The monoisotopic (exact) mass is 462 g/mol. The van der Waals surface area contributed by atoms with Crippen molar-refractivity contribution in [2.45, 2.75) is 27.7 Å². The van der Waals surface area contributed by atoms with Gasteiger partial charge in [-0.3, -0.25) is 9.59 Å². The van der Waals surface area contributed by atoms with Gasteiger partial charge in [0.1, 0.15) is 5.69 Å². The zero-order chi connectivity index (χ0) is 24.2. The molecule has 2 aliphatic rings. The summed E-state index contributed by atoms with van der Waals surface area (Å²) in [6, 6.07) is 14.1. The molecule has 1 aliphatic heterocycles. The normalized spacial score (nSPS) is 10.9. The lowest BCUT2D eigenvalue weighted by molar-refractivity contribution is -0.132. The Morgan fingerprint density at radius 1 is 0.882 bits per heavy atom. The zero-order valence-electron chi connectivity index (χ0n) is 19.6. The minimum Gasteiger partial charge on any atom is -0.491 e. The summed E-state index contributed by atoms with van der Waals surface area (Å²) >= 11 is 0. The Bertz CT molecular complexity index is 1350. The van der Waals surface area contributed by atoms with Crippen LogP contribution in [-0.2, 0) is 4.79 Å². The van der Waals surface area contributed by atoms with Crippen LogP contribution in [0.5, 0.6) is 23.0 Å². The van der Waals surface area contributed by atoms with Crippen LogP contribution in [0.3, 0.4) is 0 Å². The van der Waals surface area contributed by atoms with E-state index in [2.05, 4.69) is 0 Å². The number of esters is 1. The first-order chi connectivity index (χ1) is 16.5. The molecular weight excluding hydrogens is 436 g/mol. The first-order valence-electron chi connectivity index (χ1n) is 11.2. The number of hydrogen-bond acceptors (Lipinski definition) is 7. The molecule has 2 aromatic rings. The molecule has 0 fully saturated rings. The lowest BCUT2D eigenvalue weighted by Crippen LogP contribution is -2.13. The van der Waals surface area contributed by atoms with Crippen molar-refractivity contribution in [2.24, 2.45) is 0 Å². The number of benzene rings is 3. The molecule has 34 heavy (non-hydrogen) atoms. The van der Waals surface area contributed by atoms with Crippen LogP contribution in [-0.4, -0.2) is 35.3 Å². The lowest BCUT2D eigenvalue weighted by atomic mass is 10.1. The summed E-state index contributed by atoms with van der Waals surface area (Å²) in [5.74, 6) is 0.838. The highest BCUT2D eigenvalue weighted by molar-refractivity contribution is 5.85. The van der Waals surface area contributed by atoms with Crippen molar-refractivity contribution in [2.75, 3.05) is 19.8 Å². The molecule has 4 rings (SSSR count). The first kappa shape index (κ1) is 23.1. The van der Waals surface area contributed by atoms with Gasteiger partial charge in [-0.2, -0.15) is 0 Å². The van der Waals surface area contributed by atoms with Crippen molar-refractivity contribution in [3.63, 3.8) is 0 Å². The van der Waals surface area contributed by atoms with Crippen LogP contribution in [0.25, 0.3) is 28.1 Å². The number of carbonyl (C=O) groups excluding carboxylic acids is 1.